The van der Waals surface area contributed by atoms with Crippen molar-refractivity contribution in [1.82, 2.24) is 0 Å². The van der Waals surface area contributed by atoms with Gasteiger partial charge in [0, 0.05) is 16.6 Å². The quantitative estimate of drug-likeness (QED) is 0.603. The van der Waals surface area contributed by atoms with Gasteiger partial charge in [-0.3, -0.25) is 0 Å². The number of hydrogen-bond donors (Lipinski definition) is 1. The Hall–Kier alpha value is -0.860. The summed E-state index contributed by atoms with van der Waals surface area (Å²) in [5.41, 5.74) is 2.69. The van der Waals surface area contributed by atoms with Crippen LogP contribution in [0.3, 0.4) is 0 Å². The highest BCUT2D eigenvalue weighted by Gasteiger charge is 2.09. The SMILES string of the molecule is Cc1ccc(SCC(CS)c2ccccc2)cc1. The Labute approximate surface area is 119 Å². The van der Waals surface area contributed by atoms with E-state index in [-0.39, 0.29) is 0 Å². The minimum absolute atomic E-state index is 0.515. The molecular formula is C16H18S2. The van der Waals surface area contributed by atoms with Gasteiger partial charge in [0.05, 0.1) is 0 Å². The van der Waals surface area contributed by atoms with Gasteiger partial charge in [-0.25, -0.2) is 0 Å². The molecule has 0 aliphatic rings. The lowest BCUT2D eigenvalue weighted by atomic mass is 10.0. The Morgan fingerprint density at radius 1 is 1.00 bits per heavy atom. The van der Waals surface area contributed by atoms with E-state index in [4.69, 9.17) is 0 Å². The second-order valence-corrected chi connectivity index (χ2v) is 5.87. The van der Waals surface area contributed by atoms with Crippen LogP contribution in [0.4, 0.5) is 0 Å². The lowest BCUT2D eigenvalue weighted by Gasteiger charge is -2.14. The molecule has 0 nitrogen and oxygen atoms in total. The first-order valence-corrected chi connectivity index (χ1v) is 7.76. The minimum atomic E-state index is 0.515. The number of hydrogen-bond acceptors (Lipinski definition) is 2. The highest BCUT2D eigenvalue weighted by molar-refractivity contribution is 7.99. The normalized spacial score (nSPS) is 12.3. The first-order valence-electron chi connectivity index (χ1n) is 6.15. The van der Waals surface area contributed by atoms with E-state index in [9.17, 15) is 0 Å². The fourth-order valence-electron chi connectivity index (χ4n) is 1.81. The summed E-state index contributed by atoms with van der Waals surface area (Å²) in [7, 11) is 0. The van der Waals surface area contributed by atoms with E-state index in [0.29, 0.717) is 5.92 Å². The van der Waals surface area contributed by atoms with Gasteiger partial charge in [-0.1, -0.05) is 48.0 Å². The van der Waals surface area contributed by atoms with Gasteiger partial charge in [0.15, 0.2) is 0 Å². The van der Waals surface area contributed by atoms with E-state index in [0.717, 1.165) is 11.5 Å². The van der Waals surface area contributed by atoms with Crippen molar-refractivity contribution in [1.29, 1.82) is 0 Å². The minimum Gasteiger partial charge on any atom is -0.179 e. The van der Waals surface area contributed by atoms with Crippen molar-refractivity contribution in [2.75, 3.05) is 11.5 Å². The van der Waals surface area contributed by atoms with Crippen molar-refractivity contribution >= 4 is 24.4 Å². The lowest BCUT2D eigenvalue weighted by molar-refractivity contribution is 0.898. The van der Waals surface area contributed by atoms with Crippen LogP contribution in [0.5, 0.6) is 0 Å². The molecular weight excluding hydrogens is 256 g/mol. The molecule has 2 aromatic rings. The summed E-state index contributed by atoms with van der Waals surface area (Å²) in [6.07, 6.45) is 0. The van der Waals surface area contributed by atoms with Crippen molar-refractivity contribution in [3.8, 4) is 0 Å². The standard InChI is InChI=1S/C16H18S2/c1-13-7-9-16(10-8-13)18-12-15(11-17)14-5-3-2-4-6-14/h2-10,15,17H,11-12H2,1H3. The molecule has 94 valence electrons. The summed E-state index contributed by atoms with van der Waals surface area (Å²) in [5, 5.41) is 0. The van der Waals surface area contributed by atoms with Crippen molar-refractivity contribution in [3.63, 3.8) is 0 Å². The van der Waals surface area contributed by atoms with E-state index in [1.165, 1.54) is 16.0 Å². The van der Waals surface area contributed by atoms with Crippen molar-refractivity contribution < 1.29 is 0 Å². The average Bonchev–Trinajstić information content (AvgIpc) is 2.43. The summed E-state index contributed by atoms with van der Waals surface area (Å²) in [5.74, 6) is 2.49. The Balaban J connectivity index is 1.97. The van der Waals surface area contributed by atoms with Crippen LogP contribution in [0.2, 0.25) is 0 Å². The van der Waals surface area contributed by atoms with E-state index in [1.54, 1.807) is 0 Å². The monoisotopic (exact) mass is 274 g/mol. The molecule has 1 unspecified atom stereocenters. The molecule has 2 heteroatoms. The topological polar surface area (TPSA) is 0 Å². The summed E-state index contributed by atoms with van der Waals surface area (Å²) < 4.78 is 0. The van der Waals surface area contributed by atoms with Crippen LogP contribution < -0.4 is 0 Å². The molecule has 0 radical (unpaired) electrons. The molecule has 18 heavy (non-hydrogen) atoms. The number of aryl methyl sites for hydroxylation is 1. The summed E-state index contributed by atoms with van der Waals surface area (Å²) in [6.45, 7) is 2.12. The average molecular weight is 274 g/mol. The smallest absolute Gasteiger partial charge is 0.00723 e. The summed E-state index contributed by atoms with van der Waals surface area (Å²) in [6, 6.07) is 19.4. The zero-order valence-electron chi connectivity index (χ0n) is 10.5. The van der Waals surface area contributed by atoms with Crippen LogP contribution in [0, 0.1) is 6.92 Å². The van der Waals surface area contributed by atoms with Gasteiger partial charge >= 0.3 is 0 Å². The third-order valence-electron chi connectivity index (χ3n) is 2.96. The maximum Gasteiger partial charge on any atom is 0.00723 e. The fourth-order valence-corrected chi connectivity index (χ4v) is 3.36. The van der Waals surface area contributed by atoms with Crippen LogP contribution in [0.15, 0.2) is 59.5 Å². The molecule has 2 aromatic carbocycles. The van der Waals surface area contributed by atoms with Crippen molar-refractivity contribution in [3.05, 3.63) is 65.7 Å². The second kappa shape index (κ2) is 6.91. The van der Waals surface area contributed by atoms with Crippen molar-refractivity contribution in [2.45, 2.75) is 17.7 Å². The maximum atomic E-state index is 4.48. The van der Waals surface area contributed by atoms with Crippen LogP contribution in [0.1, 0.15) is 17.0 Å². The highest BCUT2D eigenvalue weighted by Crippen LogP contribution is 2.27. The zero-order valence-corrected chi connectivity index (χ0v) is 12.3. The Morgan fingerprint density at radius 3 is 2.28 bits per heavy atom. The molecule has 0 fully saturated rings. The Morgan fingerprint density at radius 2 is 1.67 bits per heavy atom. The second-order valence-electron chi connectivity index (χ2n) is 4.41. The Kier molecular flexibility index (Phi) is 5.21. The first-order chi connectivity index (χ1) is 8.79. The summed E-state index contributed by atoms with van der Waals surface area (Å²) >= 11 is 6.38. The Bertz CT molecular complexity index is 462. The van der Waals surface area contributed by atoms with Gasteiger partial charge < -0.3 is 0 Å². The van der Waals surface area contributed by atoms with Crippen LogP contribution >= 0.6 is 24.4 Å². The number of thioether (sulfide) groups is 1. The predicted molar refractivity (Wildman–Crippen MR) is 84.9 cm³/mol. The van der Waals surface area contributed by atoms with E-state index >= 15 is 0 Å². The van der Waals surface area contributed by atoms with Gasteiger partial charge in [0.1, 0.15) is 0 Å². The van der Waals surface area contributed by atoms with Gasteiger partial charge in [-0.05, 0) is 30.4 Å². The van der Waals surface area contributed by atoms with E-state index in [2.05, 4.69) is 74.1 Å². The number of benzene rings is 2. The molecule has 0 bridgehead atoms. The molecule has 0 aliphatic carbocycles. The third kappa shape index (κ3) is 3.82. The molecule has 0 saturated heterocycles. The zero-order chi connectivity index (χ0) is 12.8. The molecule has 0 aliphatic heterocycles. The van der Waals surface area contributed by atoms with Crippen LogP contribution in [-0.4, -0.2) is 11.5 Å². The third-order valence-corrected chi connectivity index (χ3v) is 4.58. The van der Waals surface area contributed by atoms with Gasteiger partial charge in [-0.2, -0.15) is 12.6 Å². The number of thiol groups is 1. The maximum absolute atomic E-state index is 4.48. The molecule has 0 spiro atoms. The molecule has 2 rings (SSSR count). The van der Waals surface area contributed by atoms with Crippen LogP contribution in [0.25, 0.3) is 0 Å². The van der Waals surface area contributed by atoms with E-state index < -0.39 is 0 Å². The lowest BCUT2D eigenvalue weighted by Crippen LogP contribution is -2.03. The molecule has 0 aromatic heterocycles. The molecule has 0 saturated carbocycles. The van der Waals surface area contributed by atoms with Gasteiger partial charge in [-0.15, -0.1) is 11.8 Å². The first kappa shape index (κ1) is 13.6. The predicted octanol–water partition coefficient (Wildman–Crippen LogP) is 4.80. The molecule has 0 heterocycles. The van der Waals surface area contributed by atoms with E-state index in [1.807, 2.05) is 11.8 Å². The van der Waals surface area contributed by atoms with Crippen molar-refractivity contribution in [2.24, 2.45) is 0 Å². The highest BCUT2D eigenvalue weighted by atomic mass is 32.2. The number of rotatable bonds is 5. The van der Waals surface area contributed by atoms with Gasteiger partial charge in [0.2, 0.25) is 0 Å². The molecule has 0 N–H and O–H groups in total. The van der Waals surface area contributed by atoms with Crippen LogP contribution in [-0.2, 0) is 0 Å². The van der Waals surface area contributed by atoms with Gasteiger partial charge in [0.25, 0.3) is 0 Å². The fraction of sp³-hybridized carbons (Fsp3) is 0.250. The largest absolute Gasteiger partial charge is 0.179 e. The molecule has 1 atom stereocenters. The molecule has 0 amide bonds. The summed E-state index contributed by atoms with van der Waals surface area (Å²) in [4.78, 5) is 1.34.